The molecule has 4 rings (SSSR count). The van der Waals surface area contributed by atoms with E-state index in [0.29, 0.717) is 6.54 Å². The van der Waals surface area contributed by atoms with Crippen LogP contribution in [-0.4, -0.2) is 47.0 Å². The van der Waals surface area contributed by atoms with Gasteiger partial charge in [0, 0.05) is 42.8 Å². The van der Waals surface area contributed by atoms with Crippen LogP contribution in [0.1, 0.15) is 36.1 Å². The minimum absolute atomic E-state index is 0.282. The molecule has 1 aromatic heterocycles. The molecule has 1 saturated heterocycles. The van der Waals surface area contributed by atoms with Crippen LogP contribution >= 0.6 is 0 Å². The molecule has 2 aliphatic rings. The summed E-state index contributed by atoms with van der Waals surface area (Å²) in [6.07, 6.45) is 4.64. The lowest BCUT2D eigenvalue weighted by Crippen LogP contribution is -2.38. The molecule has 0 N–H and O–H groups in total. The molecule has 0 spiro atoms. The van der Waals surface area contributed by atoms with E-state index in [1.807, 2.05) is 0 Å². The van der Waals surface area contributed by atoms with Crippen molar-refractivity contribution in [3.63, 3.8) is 0 Å². The number of amides is 1. The number of hydrogen-bond acceptors (Lipinski definition) is 2. The number of fused-ring (bicyclic) bond motifs is 3. The second-order valence-electron chi connectivity index (χ2n) is 7.41. The van der Waals surface area contributed by atoms with Gasteiger partial charge >= 0.3 is 0 Å². The van der Waals surface area contributed by atoms with Crippen molar-refractivity contribution in [1.82, 2.24) is 14.4 Å². The normalized spacial score (nSPS) is 18.8. The van der Waals surface area contributed by atoms with Crippen LogP contribution in [0.4, 0.5) is 0 Å². The van der Waals surface area contributed by atoms with Gasteiger partial charge < -0.3 is 14.4 Å². The summed E-state index contributed by atoms with van der Waals surface area (Å²) in [6.45, 7) is 6.58. The Kier molecular flexibility index (Phi) is 4.09. The van der Waals surface area contributed by atoms with Gasteiger partial charge in [-0.15, -0.1) is 0 Å². The summed E-state index contributed by atoms with van der Waals surface area (Å²) >= 11 is 0. The monoisotopic (exact) mass is 325 g/mol. The topological polar surface area (TPSA) is 28.5 Å². The van der Waals surface area contributed by atoms with Crippen LogP contribution < -0.4 is 0 Å². The molecule has 128 valence electrons. The standard InChI is InChI=1S/C20H27N3O/c1-15-7-6-8-17-20(15)16-9-12-21(2)13-18(16)23(17)14-19(24)22-10-4-3-5-11-22/h6-8H,3-5,9-14H2,1-2H3. The molecule has 0 aliphatic carbocycles. The average Bonchev–Trinajstić information content (AvgIpc) is 2.90. The average molecular weight is 325 g/mol. The molecule has 3 heterocycles. The number of aromatic nitrogens is 1. The SMILES string of the molecule is Cc1cccc2c1c1c(n2CC(=O)N2CCCCC2)CN(C)CC1. The first kappa shape index (κ1) is 15.7. The predicted octanol–water partition coefficient (Wildman–Crippen LogP) is 2.95. The van der Waals surface area contributed by atoms with Crippen LogP contribution in [0, 0.1) is 6.92 Å². The van der Waals surface area contributed by atoms with E-state index in [9.17, 15) is 4.79 Å². The van der Waals surface area contributed by atoms with Gasteiger partial charge in [-0.05, 0) is 56.8 Å². The third-order valence-corrected chi connectivity index (χ3v) is 5.68. The Morgan fingerprint density at radius 1 is 1.12 bits per heavy atom. The highest BCUT2D eigenvalue weighted by molar-refractivity contribution is 5.90. The molecule has 1 amide bonds. The third-order valence-electron chi connectivity index (χ3n) is 5.68. The molecular formula is C20H27N3O. The molecule has 4 nitrogen and oxygen atoms in total. The number of likely N-dealkylation sites (N-methyl/N-ethyl adjacent to an activating group) is 1. The number of piperidine rings is 1. The van der Waals surface area contributed by atoms with Crippen LogP contribution in [0.3, 0.4) is 0 Å². The van der Waals surface area contributed by atoms with Gasteiger partial charge in [0.1, 0.15) is 6.54 Å². The van der Waals surface area contributed by atoms with Gasteiger partial charge in [-0.2, -0.15) is 0 Å². The zero-order chi connectivity index (χ0) is 16.7. The van der Waals surface area contributed by atoms with Crippen molar-refractivity contribution >= 4 is 16.8 Å². The van der Waals surface area contributed by atoms with Crippen molar-refractivity contribution in [3.05, 3.63) is 35.0 Å². The smallest absolute Gasteiger partial charge is 0.242 e. The summed E-state index contributed by atoms with van der Waals surface area (Å²) in [7, 11) is 2.17. The molecule has 0 radical (unpaired) electrons. The molecule has 1 fully saturated rings. The van der Waals surface area contributed by atoms with Gasteiger partial charge in [-0.3, -0.25) is 4.79 Å². The summed E-state index contributed by atoms with van der Waals surface area (Å²) in [5.74, 6) is 0.282. The van der Waals surface area contributed by atoms with Crippen molar-refractivity contribution in [2.45, 2.75) is 45.7 Å². The molecule has 0 saturated carbocycles. The summed E-state index contributed by atoms with van der Waals surface area (Å²) < 4.78 is 2.30. The molecule has 0 unspecified atom stereocenters. The highest BCUT2D eigenvalue weighted by atomic mass is 16.2. The fourth-order valence-corrected chi connectivity index (χ4v) is 4.37. The van der Waals surface area contributed by atoms with Crippen molar-refractivity contribution in [3.8, 4) is 0 Å². The number of rotatable bonds is 2. The second kappa shape index (κ2) is 6.25. The molecule has 24 heavy (non-hydrogen) atoms. The maximum Gasteiger partial charge on any atom is 0.242 e. The minimum Gasteiger partial charge on any atom is -0.341 e. The Hall–Kier alpha value is -1.81. The predicted molar refractivity (Wildman–Crippen MR) is 97.1 cm³/mol. The zero-order valence-corrected chi connectivity index (χ0v) is 14.8. The fourth-order valence-electron chi connectivity index (χ4n) is 4.37. The molecule has 0 bridgehead atoms. The summed E-state index contributed by atoms with van der Waals surface area (Å²) in [4.78, 5) is 17.3. The lowest BCUT2D eigenvalue weighted by molar-refractivity contribution is -0.132. The van der Waals surface area contributed by atoms with E-state index >= 15 is 0 Å². The molecule has 2 aromatic rings. The van der Waals surface area contributed by atoms with Crippen molar-refractivity contribution in [2.24, 2.45) is 0 Å². The maximum atomic E-state index is 12.9. The number of hydrogen-bond donors (Lipinski definition) is 0. The number of aryl methyl sites for hydroxylation is 1. The van der Waals surface area contributed by atoms with Crippen LogP contribution in [0.15, 0.2) is 18.2 Å². The fraction of sp³-hybridized carbons (Fsp3) is 0.550. The Morgan fingerprint density at radius 2 is 1.92 bits per heavy atom. The largest absolute Gasteiger partial charge is 0.341 e. The molecule has 2 aliphatic heterocycles. The van der Waals surface area contributed by atoms with Gasteiger partial charge in [-0.1, -0.05) is 12.1 Å². The minimum atomic E-state index is 0.282. The van der Waals surface area contributed by atoms with Crippen LogP contribution in [0.5, 0.6) is 0 Å². The number of carbonyl (C=O) groups is 1. The Balaban J connectivity index is 1.75. The second-order valence-corrected chi connectivity index (χ2v) is 7.41. The van der Waals surface area contributed by atoms with Crippen molar-refractivity contribution in [1.29, 1.82) is 0 Å². The number of likely N-dealkylation sites (tertiary alicyclic amines) is 1. The Bertz CT molecular complexity index is 771. The first-order valence-corrected chi connectivity index (χ1v) is 9.21. The highest BCUT2D eigenvalue weighted by Crippen LogP contribution is 2.32. The number of benzene rings is 1. The first-order chi connectivity index (χ1) is 11.6. The molecule has 0 atom stereocenters. The van der Waals surface area contributed by atoms with E-state index in [1.165, 1.54) is 34.1 Å². The van der Waals surface area contributed by atoms with Crippen LogP contribution in [0.25, 0.3) is 10.9 Å². The zero-order valence-electron chi connectivity index (χ0n) is 14.8. The van der Waals surface area contributed by atoms with Crippen LogP contribution in [0.2, 0.25) is 0 Å². The molecule has 1 aromatic carbocycles. The van der Waals surface area contributed by atoms with E-state index in [4.69, 9.17) is 0 Å². The van der Waals surface area contributed by atoms with Crippen molar-refractivity contribution < 1.29 is 4.79 Å². The quantitative estimate of drug-likeness (QED) is 0.849. The van der Waals surface area contributed by atoms with Crippen molar-refractivity contribution in [2.75, 3.05) is 26.7 Å². The lowest BCUT2D eigenvalue weighted by Gasteiger charge is -2.28. The third kappa shape index (κ3) is 2.63. The van der Waals surface area contributed by atoms with Crippen LogP contribution in [-0.2, 0) is 24.3 Å². The van der Waals surface area contributed by atoms with Gasteiger partial charge in [0.2, 0.25) is 5.91 Å². The van der Waals surface area contributed by atoms with E-state index in [2.05, 4.69) is 46.5 Å². The lowest BCUT2D eigenvalue weighted by atomic mass is 10.0. The number of carbonyl (C=O) groups excluding carboxylic acids is 1. The Labute approximate surface area is 144 Å². The summed E-state index contributed by atoms with van der Waals surface area (Å²) in [5.41, 5.74) is 5.38. The maximum absolute atomic E-state index is 12.9. The summed E-state index contributed by atoms with van der Waals surface area (Å²) in [5, 5.41) is 1.38. The highest BCUT2D eigenvalue weighted by Gasteiger charge is 2.25. The van der Waals surface area contributed by atoms with Gasteiger partial charge in [0.15, 0.2) is 0 Å². The first-order valence-electron chi connectivity index (χ1n) is 9.21. The summed E-state index contributed by atoms with van der Waals surface area (Å²) in [6, 6.07) is 6.50. The molecule has 4 heteroatoms. The van der Waals surface area contributed by atoms with E-state index in [1.54, 1.807) is 0 Å². The van der Waals surface area contributed by atoms with E-state index in [-0.39, 0.29) is 5.91 Å². The van der Waals surface area contributed by atoms with Gasteiger partial charge in [0.25, 0.3) is 0 Å². The Morgan fingerprint density at radius 3 is 2.71 bits per heavy atom. The van der Waals surface area contributed by atoms with Gasteiger partial charge in [-0.25, -0.2) is 0 Å². The van der Waals surface area contributed by atoms with Gasteiger partial charge in [0.05, 0.1) is 0 Å². The van der Waals surface area contributed by atoms with E-state index < -0.39 is 0 Å². The number of nitrogens with zero attached hydrogens (tertiary/aromatic N) is 3. The molecular weight excluding hydrogens is 298 g/mol. The van der Waals surface area contributed by atoms with E-state index in [0.717, 1.165) is 45.4 Å².